The third-order valence-electron chi connectivity index (χ3n) is 5.14. The van der Waals surface area contributed by atoms with Gasteiger partial charge in [0.1, 0.15) is 5.54 Å². The van der Waals surface area contributed by atoms with E-state index in [1.54, 1.807) is 0 Å². The van der Waals surface area contributed by atoms with Crippen LogP contribution in [0.5, 0.6) is 0 Å². The van der Waals surface area contributed by atoms with Gasteiger partial charge in [-0.1, -0.05) is 19.8 Å². The molecule has 1 aliphatic carbocycles. The average molecular weight is 324 g/mol. The molecule has 0 aromatic rings. The molecule has 3 N–H and O–H groups in total. The number of hydrogen-bond acceptors (Lipinski definition) is 3. The van der Waals surface area contributed by atoms with Gasteiger partial charge in [-0.15, -0.1) is 0 Å². The molecule has 6 heteroatoms. The number of hydrogen-bond donors (Lipinski definition) is 3. The van der Waals surface area contributed by atoms with Crippen LogP contribution >= 0.6 is 0 Å². The van der Waals surface area contributed by atoms with Gasteiger partial charge in [-0.25, -0.2) is 4.79 Å². The fraction of sp³-hybridized carbons (Fsp3) is 0.882. The molecule has 132 valence electrons. The lowest BCUT2D eigenvalue weighted by atomic mass is 9.91. The Bertz CT molecular complexity index is 399. The van der Waals surface area contributed by atoms with E-state index in [4.69, 9.17) is 0 Å². The van der Waals surface area contributed by atoms with E-state index >= 15 is 0 Å². The highest BCUT2D eigenvalue weighted by Crippen LogP contribution is 2.32. The Labute approximate surface area is 139 Å². The van der Waals surface area contributed by atoms with Crippen LogP contribution in [0, 0.1) is 5.92 Å². The Balaban J connectivity index is 1.92. The molecule has 0 spiro atoms. The van der Waals surface area contributed by atoms with Crippen molar-refractivity contribution in [2.75, 3.05) is 32.7 Å². The van der Waals surface area contributed by atoms with E-state index in [0.29, 0.717) is 12.5 Å². The molecule has 2 rings (SSSR count). The number of likely N-dealkylation sites (tertiary alicyclic amines) is 1. The van der Waals surface area contributed by atoms with Crippen molar-refractivity contribution in [1.29, 1.82) is 0 Å². The Kier molecular flexibility index (Phi) is 6.69. The summed E-state index contributed by atoms with van der Waals surface area (Å²) in [7, 11) is 0. The number of nitrogens with zero attached hydrogens (tertiary/aromatic N) is 1. The van der Waals surface area contributed by atoms with Gasteiger partial charge in [0.25, 0.3) is 0 Å². The molecular weight excluding hydrogens is 292 g/mol. The van der Waals surface area contributed by atoms with E-state index in [2.05, 4.69) is 22.9 Å². The molecule has 0 bridgehead atoms. The molecule has 0 radical (unpaired) electrons. The van der Waals surface area contributed by atoms with Crippen molar-refractivity contribution in [1.82, 2.24) is 20.9 Å². The molecule has 23 heavy (non-hydrogen) atoms. The van der Waals surface area contributed by atoms with Gasteiger partial charge in [-0.3, -0.25) is 4.79 Å². The number of nitrogens with one attached hydrogen (secondary N) is 3. The Morgan fingerprint density at radius 3 is 2.30 bits per heavy atom. The molecule has 0 atom stereocenters. The average Bonchev–Trinajstić information content (AvgIpc) is 3.02. The molecule has 0 aromatic heterocycles. The standard InChI is InChI=1S/C17H32N4O2/c1-3-18-13-14-7-11-21(12-8-14)15(22)17(9-5-6-10-17)20-16(23)19-4-2/h14,18H,3-13H2,1-2H3,(H2,19,20,23). The Morgan fingerprint density at radius 1 is 1.09 bits per heavy atom. The van der Waals surface area contributed by atoms with Crippen LogP contribution < -0.4 is 16.0 Å². The summed E-state index contributed by atoms with van der Waals surface area (Å²) in [5.74, 6) is 0.790. The lowest BCUT2D eigenvalue weighted by Gasteiger charge is -2.39. The van der Waals surface area contributed by atoms with Crippen molar-refractivity contribution < 1.29 is 9.59 Å². The lowest BCUT2D eigenvalue weighted by molar-refractivity contribution is -0.139. The summed E-state index contributed by atoms with van der Waals surface area (Å²) < 4.78 is 0. The molecule has 3 amide bonds. The SMILES string of the molecule is CCNCC1CCN(C(=O)C2(NC(=O)NCC)CCCC2)CC1. The molecule has 1 heterocycles. The van der Waals surface area contributed by atoms with Gasteiger partial charge in [0.15, 0.2) is 0 Å². The molecular formula is C17H32N4O2. The maximum Gasteiger partial charge on any atom is 0.315 e. The van der Waals surface area contributed by atoms with Crippen LogP contribution in [0.1, 0.15) is 52.4 Å². The van der Waals surface area contributed by atoms with Gasteiger partial charge < -0.3 is 20.9 Å². The first-order valence-electron chi connectivity index (χ1n) is 9.17. The van der Waals surface area contributed by atoms with Crippen LogP contribution in [0.15, 0.2) is 0 Å². The van der Waals surface area contributed by atoms with Gasteiger partial charge in [-0.2, -0.15) is 0 Å². The number of carbonyl (C=O) groups excluding carboxylic acids is 2. The number of amides is 3. The molecule has 1 saturated carbocycles. The predicted molar refractivity (Wildman–Crippen MR) is 91.3 cm³/mol. The van der Waals surface area contributed by atoms with Crippen molar-refractivity contribution in [3.05, 3.63) is 0 Å². The zero-order valence-electron chi connectivity index (χ0n) is 14.6. The van der Waals surface area contributed by atoms with Gasteiger partial charge in [0.2, 0.25) is 5.91 Å². The largest absolute Gasteiger partial charge is 0.341 e. The second-order valence-electron chi connectivity index (χ2n) is 6.82. The van der Waals surface area contributed by atoms with E-state index in [-0.39, 0.29) is 11.9 Å². The smallest absolute Gasteiger partial charge is 0.315 e. The third kappa shape index (κ3) is 4.59. The first-order valence-corrected chi connectivity index (χ1v) is 9.17. The fourth-order valence-electron chi connectivity index (χ4n) is 3.78. The van der Waals surface area contributed by atoms with Crippen molar-refractivity contribution in [2.24, 2.45) is 5.92 Å². The van der Waals surface area contributed by atoms with Crippen molar-refractivity contribution in [2.45, 2.75) is 57.9 Å². The van der Waals surface area contributed by atoms with E-state index < -0.39 is 5.54 Å². The van der Waals surface area contributed by atoms with Crippen LogP contribution in [0.2, 0.25) is 0 Å². The summed E-state index contributed by atoms with van der Waals surface area (Å²) in [6.45, 7) is 8.25. The van der Waals surface area contributed by atoms with Gasteiger partial charge >= 0.3 is 6.03 Å². The predicted octanol–water partition coefficient (Wildman–Crippen LogP) is 1.47. The van der Waals surface area contributed by atoms with E-state index in [9.17, 15) is 9.59 Å². The normalized spacial score (nSPS) is 21.2. The maximum absolute atomic E-state index is 13.1. The topological polar surface area (TPSA) is 73.5 Å². The summed E-state index contributed by atoms with van der Waals surface area (Å²) in [6, 6.07) is -0.218. The summed E-state index contributed by atoms with van der Waals surface area (Å²) in [6.07, 6.45) is 5.65. The molecule has 1 saturated heterocycles. The van der Waals surface area contributed by atoms with E-state index in [1.165, 1.54) is 0 Å². The van der Waals surface area contributed by atoms with Crippen LogP contribution in [-0.4, -0.2) is 55.1 Å². The molecule has 2 fully saturated rings. The van der Waals surface area contributed by atoms with E-state index in [0.717, 1.165) is 64.7 Å². The highest BCUT2D eigenvalue weighted by Gasteiger charge is 2.45. The lowest BCUT2D eigenvalue weighted by Crippen LogP contribution is -2.61. The summed E-state index contributed by atoms with van der Waals surface area (Å²) >= 11 is 0. The first-order chi connectivity index (χ1) is 11.1. The highest BCUT2D eigenvalue weighted by atomic mass is 16.2. The van der Waals surface area contributed by atoms with Crippen molar-refractivity contribution in [3.8, 4) is 0 Å². The maximum atomic E-state index is 13.1. The zero-order chi connectivity index (χ0) is 16.7. The van der Waals surface area contributed by atoms with Crippen molar-refractivity contribution >= 4 is 11.9 Å². The minimum atomic E-state index is -0.673. The van der Waals surface area contributed by atoms with Crippen molar-refractivity contribution in [3.63, 3.8) is 0 Å². The van der Waals surface area contributed by atoms with Crippen LogP contribution in [0.4, 0.5) is 4.79 Å². The summed E-state index contributed by atoms with van der Waals surface area (Å²) in [5, 5.41) is 9.13. The molecule has 0 aromatic carbocycles. The fourth-order valence-corrected chi connectivity index (χ4v) is 3.78. The molecule has 2 aliphatic rings. The van der Waals surface area contributed by atoms with Crippen LogP contribution in [0.3, 0.4) is 0 Å². The number of carbonyl (C=O) groups is 2. The van der Waals surface area contributed by atoms with Crippen LogP contribution in [0.25, 0.3) is 0 Å². The minimum absolute atomic E-state index is 0.128. The first kappa shape index (κ1) is 18.0. The molecule has 0 unspecified atom stereocenters. The number of piperidine rings is 1. The quantitative estimate of drug-likeness (QED) is 0.693. The summed E-state index contributed by atoms with van der Waals surface area (Å²) in [5.41, 5.74) is -0.673. The second-order valence-corrected chi connectivity index (χ2v) is 6.82. The monoisotopic (exact) mass is 324 g/mol. The van der Waals surface area contributed by atoms with Gasteiger partial charge in [-0.05, 0) is 51.6 Å². The minimum Gasteiger partial charge on any atom is -0.341 e. The third-order valence-corrected chi connectivity index (χ3v) is 5.14. The Morgan fingerprint density at radius 2 is 1.74 bits per heavy atom. The van der Waals surface area contributed by atoms with Crippen LogP contribution in [-0.2, 0) is 4.79 Å². The molecule has 6 nitrogen and oxygen atoms in total. The second kappa shape index (κ2) is 8.52. The van der Waals surface area contributed by atoms with E-state index in [1.807, 2.05) is 11.8 Å². The van der Waals surface area contributed by atoms with Gasteiger partial charge in [0.05, 0.1) is 0 Å². The Hall–Kier alpha value is -1.30. The number of urea groups is 1. The highest BCUT2D eigenvalue weighted by molar-refractivity contribution is 5.91. The molecule has 1 aliphatic heterocycles. The summed E-state index contributed by atoms with van der Waals surface area (Å²) in [4.78, 5) is 27.0. The number of rotatable bonds is 6. The van der Waals surface area contributed by atoms with Gasteiger partial charge in [0, 0.05) is 19.6 Å². The zero-order valence-corrected chi connectivity index (χ0v) is 14.6.